The fraction of sp³-hybridized carbons (Fsp3) is 0.333. The van der Waals surface area contributed by atoms with Crippen LogP contribution < -0.4 is 0 Å². The lowest BCUT2D eigenvalue weighted by Crippen LogP contribution is -1.93. The molecule has 1 aromatic rings. The van der Waals surface area contributed by atoms with Gasteiger partial charge < -0.3 is 0 Å². The van der Waals surface area contributed by atoms with Crippen molar-refractivity contribution >= 4 is 21.6 Å². The Kier molecular flexibility index (Phi) is 3.03. The molecule has 0 aliphatic rings. The van der Waals surface area contributed by atoms with Crippen molar-refractivity contribution in [2.24, 2.45) is 0 Å². The van der Waals surface area contributed by atoms with Crippen LogP contribution in [0.15, 0.2) is 18.2 Å². The number of nitrogens with zero attached hydrogens (tertiary/aromatic N) is 1. The lowest BCUT2D eigenvalue weighted by molar-refractivity contribution is -0.384. The van der Waals surface area contributed by atoms with E-state index < -0.39 is 0 Å². The number of nitro groups is 1. The van der Waals surface area contributed by atoms with Crippen LogP contribution in [0.25, 0.3) is 0 Å². The minimum Gasteiger partial charge on any atom is -0.258 e. The van der Waals surface area contributed by atoms with Gasteiger partial charge >= 0.3 is 0 Å². The summed E-state index contributed by atoms with van der Waals surface area (Å²) in [7, 11) is 0. The normalized spacial score (nSPS) is 12.5. The predicted molar refractivity (Wildman–Crippen MR) is 55.2 cm³/mol. The average Bonchev–Trinajstić information content (AvgIpc) is 2.04. The van der Waals surface area contributed by atoms with E-state index in [1.54, 1.807) is 12.1 Å². The second-order valence-electron chi connectivity index (χ2n) is 2.91. The lowest BCUT2D eigenvalue weighted by Gasteiger charge is -2.06. The Hall–Kier alpha value is -0.900. The van der Waals surface area contributed by atoms with E-state index in [1.165, 1.54) is 6.07 Å². The Morgan fingerprint density at radius 2 is 2.15 bits per heavy atom. The number of hydrogen-bond acceptors (Lipinski definition) is 2. The van der Waals surface area contributed by atoms with E-state index in [0.717, 1.165) is 11.1 Å². The summed E-state index contributed by atoms with van der Waals surface area (Å²) >= 11 is 3.39. The van der Waals surface area contributed by atoms with Crippen LogP contribution in [0.2, 0.25) is 0 Å². The van der Waals surface area contributed by atoms with Gasteiger partial charge in [0.15, 0.2) is 0 Å². The fourth-order valence-electron chi connectivity index (χ4n) is 1.17. The largest absolute Gasteiger partial charge is 0.269 e. The molecule has 70 valence electrons. The van der Waals surface area contributed by atoms with Gasteiger partial charge in [0.2, 0.25) is 0 Å². The summed E-state index contributed by atoms with van der Waals surface area (Å²) in [5.41, 5.74) is 2.18. The van der Waals surface area contributed by atoms with Gasteiger partial charge in [-0.3, -0.25) is 10.1 Å². The summed E-state index contributed by atoms with van der Waals surface area (Å²) in [6, 6.07) is 4.90. The molecule has 0 aromatic heterocycles. The van der Waals surface area contributed by atoms with E-state index in [2.05, 4.69) is 15.9 Å². The second kappa shape index (κ2) is 3.87. The molecular weight excluding hydrogens is 234 g/mol. The van der Waals surface area contributed by atoms with Crippen LogP contribution in [0.1, 0.15) is 22.9 Å². The zero-order chi connectivity index (χ0) is 10.0. The number of rotatable bonds is 2. The maximum Gasteiger partial charge on any atom is 0.269 e. The van der Waals surface area contributed by atoms with Gasteiger partial charge in [-0.2, -0.15) is 0 Å². The van der Waals surface area contributed by atoms with Crippen molar-refractivity contribution in [2.45, 2.75) is 18.7 Å². The molecule has 0 aliphatic heterocycles. The van der Waals surface area contributed by atoms with E-state index in [4.69, 9.17) is 0 Å². The van der Waals surface area contributed by atoms with Crippen LogP contribution in [0.4, 0.5) is 5.69 Å². The highest BCUT2D eigenvalue weighted by molar-refractivity contribution is 9.09. The number of aryl methyl sites for hydroxylation is 1. The second-order valence-corrected chi connectivity index (χ2v) is 4.29. The summed E-state index contributed by atoms with van der Waals surface area (Å²) in [5, 5.41) is 10.5. The lowest BCUT2D eigenvalue weighted by atomic mass is 10.1. The number of benzene rings is 1. The Morgan fingerprint density at radius 3 is 2.62 bits per heavy atom. The molecule has 1 atom stereocenters. The molecule has 0 radical (unpaired) electrons. The third-order valence-electron chi connectivity index (χ3n) is 1.90. The molecule has 4 heteroatoms. The maximum atomic E-state index is 10.5. The van der Waals surface area contributed by atoms with Crippen molar-refractivity contribution in [3.63, 3.8) is 0 Å². The zero-order valence-corrected chi connectivity index (χ0v) is 9.04. The Labute approximate surface area is 85.0 Å². The molecular formula is C9H10BrNO2. The van der Waals surface area contributed by atoms with Gasteiger partial charge in [-0.05, 0) is 25.0 Å². The van der Waals surface area contributed by atoms with Crippen molar-refractivity contribution < 1.29 is 4.92 Å². The summed E-state index contributed by atoms with van der Waals surface area (Å²) in [6.45, 7) is 3.89. The van der Waals surface area contributed by atoms with Crippen molar-refractivity contribution in [3.05, 3.63) is 39.4 Å². The van der Waals surface area contributed by atoms with E-state index in [9.17, 15) is 10.1 Å². The Balaban J connectivity index is 3.19. The number of hydrogen-bond donors (Lipinski definition) is 0. The highest BCUT2D eigenvalue weighted by Gasteiger charge is 2.11. The van der Waals surface area contributed by atoms with Gasteiger partial charge in [-0.1, -0.05) is 22.0 Å². The van der Waals surface area contributed by atoms with Crippen LogP contribution in [0.3, 0.4) is 0 Å². The van der Waals surface area contributed by atoms with E-state index >= 15 is 0 Å². The predicted octanol–water partition coefficient (Wildman–Crippen LogP) is 3.36. The SMILES string of the molecule is Cc1ccc([N+](=O)[O-])cc1[C@@H](C)Br. The third-order valence-corrected chi connectivity index (χ3v) is 2.40. The maximum absolute atomic E-state index is 10.5. The zero-order valence-electron chi connectivity index (χ0n) is 7.45. The van der Waals surface area contributed by atoms with E-state index in [-0.39, 0.29) is 15.4 Å². The molecule has 0 aliphatic carbocycles. The molecule has 0 amide bonds. The highest BCUT2D eigenvalue weighted by Crippen LogP contribution is 2.28. The molecule has 0 N–H and O–H groups in total. The first kappa shape index (κ1) is 10.2. The molecule has 0 bridgehead atoms. The van der Waals surface area contributed by atoms with Gasteiger partial charge in [0.1, 0.15) is 0 Å². The van der Waals surface area contributed by atoms with Crippen molar-refractivity contribution in [3.8, 4) is 0 Å². The van der Waals surface area contributed by atoms with Crippen molar-refractivity contribution in [1.82, 2.24) is 0 Å². The Bertz CT molecular complexity index is 336. The van der Waals surface area contributed by atoms with Gasteiger partial charge in [0.05, 0.1) is 4.92 Å². The number of halogens is 1. The van der Waals surface area contributed by atoms with Gasteiger partial charge in [0.25, 0.3) is 5.69 Å². The van der Waals surface area contributed by atoms with Crippen LogP contribution in [0, 0.1) is 17.0 Å². The first-order valence-corrected chi connectivity index (χ1v) is 4.83. The third kappa shape index (κ3) is 2.28. The number of alkyl halides is 1. The van der Waals surface area contributed by atoms with Crippen LogP contribution in [0.5, 0.6) is 0 Å². The molecule has 0 fully saturated rings. The van der Waals surface area contributed by atoms with Crippen LogP contribution >= 0.6 is 15.9 Å². The molecule has 0 heterocycles. The topological polar surface area (TPSA) is 43.1 Å². The standard InChI is InChI=1S/C9H10BrNO2/c1-6-3-4-8(11(12)13)5-9(6)7(2)10/h3-5,7H,1-2H3/t7-/m1/s1. The van der Waals surface area contributed by atoms with Crippen molar-refractivity contribution in [1.29, 1.82) is 0 Å². The first-order valence-electron chi connectivity index (χ1n) is 3.91. The molecule has 13 heavy (non-hydrogen) atoms. The Morgan fingerprint density at radius 1 is 1.54 bits per heavy atom. The summed E-state index contributed by atoms with van der Waals surface area (Å²) in [4.78, 5) is 10.2. The van der Waals surface area contributed by atoms with E-state index in [0.29, 0.717) is 0 Å². The first-order chi connectivity index (χ1) is 6.02. The smallest absolute Gasteiger partial charge is 0.258 e. The minimum absolute atomic E-state index is 0.145. The molecule has 1 rings (SSSR count). The van der Waals surface area contributed by atoms with Crippen LogP contribution in [-0.2, 0) is 0 Å². The molecule has 1 aromatic carbocycles. The van der Waals surface area contributed by atoms with Gasteiger partial charge in [0, 0.05) is 17.0 Å². The molecule has 0 saturated heterocycles. The summed E-state index contributed by atoms with van der Waals surface area (Å²) < 4.78 is 0. The summed E-state index contributed by atoms with van der Waals surface area (Å²) in [6.07, 6.45) is 0. The quantitative estimate of drug-likeness (QED) is 0.454. The van der Waals surface area contributed by atoms with Gasteiger partial charge in [-0.25, -0.2) is 0 Å². The fourth-order valence-corrected chi connectivity index (χ4v) is 1.66. The number of nitro benzene ring substituents is 1. The van der Waals surface area contributed by atoms with E-state index in [1.807, 2.05) is 13.8 Å². The van der Waals surface area contributed by atoms with Crippen molar-refractivity contribution in [2.75, 3.05) is 0 Å². The van der Waals surface area contributed by atoms with Gasteiger partial charge in [-0.15, -0.1) is 0 Å². The number of non-ortho nitro benzene ring substituents is 1. The highest BCUT2D eigenvalue weighted by atomic mass is 79.9. The average molecular weight is 244 g/mol. The molecule has 0 saturated carbocycles. The molecule has 0 unspecified atom stereocenters. The monoisotopic (exact) mass is 243 g/mol. The molecule has 3 nitrogen and oxygen atoms in total. The molecule has 0 spiro atoms. The van der Waals surface area contributed by atoms with Crippen LogP contribution in [-0.4, -0.2) is 4.92 Å². The minimum atomic E-state index is -0.377. The summed E-state index contributed by atoms with van der Waals surface area (Å²) in [5.74, 6) is 0.